The average Bonchev–Trinajstić information content (AvgIpc) is 2.67. The molecule has 0 heterocycles. The van der Waals surface area contributed by atoms with E-state index in [4.69, 9.17) is 23.2 Å². The maximum absolute atomic E-state index is 13.1. The third kappa shape index (κ3) is 7.53. The SMILES string of the molecule is Cc1cccc(CN(C(=O)CSCc2ccc(Cl)c(Cl)c2)[C@H](C)C(=O)NC(C)C)c1. The van der Waals surface area contributed by atoms with E-state index in [1.807, 2.05) is 57.2 Å². The molecule has 0 aliphatic rings. The van der Waals surface area contributed by atoms with Crippen LogP contribution in [0.25, 0.3) is 0 Å². The van der Waals surface area contributed by atoms with Gasteiger partial charge in [-0.05, 0) is 51.0 Å². The van der Waals surface area contributed by atoms with Crippen molar-refractivity contribution >= 4 is 46.8 Å². The van der Waals surface area contributed by atoms with Crippen LogP contribution in [0.15, 0.2) is 42.5 Å². The summed E-state index contributed by atoms with van der Waals surface area (Å²) in [4.78, 5) is 27.3. The lowest BCUT2D eigenvalue weighted by Gasteiger charge is -2.29. The fourth-order valence-corrected chi connectivity index (χ4v) is 4.14. The standard InChI is InChI=1S/C23H28Cl2N2O2S/c1-15(2)26-23(29)17(4)27(12-18-7-5-6-16(3)10-18)22(28)14-30-13-19-8-9-20(24)21(25)11-19/h5-11,15,17H,12-14H2,1-4H3,(H,26,29)/t17-/m1/s1. The van der Waals surface area contributed by atoms with Crippen molar-refractivity contribution in [3.63, 3.8) is 0 Å². The molecule has 0 bridgehead atoms. The molecule has 0 saturated carbocycles. The van der Waals surface area contributed by atoms with Crippen LogP contribution in [0.4, 0.5) is 0 Å². The second-order valence-electron chi connectivity index (χ2n) is 7.59. The summed E-state index contributed by atoms with van der Waals surface area (Å²) >= 11 is 13.5. The van der Waals surface area contributed by atoms with E-state index in [0.29, 0.717) is 22.3 Å². The molecule has 2 rings (SSSR count). The number of hydrogen-bond acceptors (Lipinski definition) is 3. The second-order valence-corrected chi connectivity index (χ2v) is 9.39. The number of nitrogens with zero attached hydrogens (tertiary/aromatic N) is 1. The number of aryl methyl sites for hydroxylation is 1. The maximum Gasteiger partial charge on any atom is 0.242 e. The number of nitrogens with one attached hydrogen (secondary N) is 1. The molecule has 4 nitrogen and oxygen atoms in total. The first-order chi connectivity index (χ1) is 14.2. The number of benzene rings is 2. The summed E-state index contributed by atoms with van der Waals surface area (Å²) in [6.45, 7) is 7.99. The van der Waals surface area contributed by atoms with E-state index in [0.717, 1.165) is 16.7 Å². The van der Waals surface area contributed by atoms with Gasteiger partial charge in [0.05, 0.1) is 15.8 Å². The zero-order chi connectivity index (χ0) is 22.3. The smallest absolute Gasteiger partial charge is 0.242 e. The Morgan fingerprint density at radius 2 is 1.77 bits per heavy atom. The van der Waals surface area contributed by atoms with Gasteiger partial charge in [0.2, 0.25) is 11.8 Å². The Kier molecular flexibility index (Phi) is 9.53. The monoisotopic (exact) mass is 466 g/mol. The van der Waals surface area contributed by atoms with Crippen molar-refractivity contribution in [1.82, 2.24) is 10.2 Å². The van der Waals surface area contributed by atoms with Crippen molar-refractivity contribution in [2.24, 2.45) is 0 Å². The highest BCUT2D eigenvalue weighted by Crippen LogP contribution is 2.25. The Labute approximate surface area is 193 Å². The van der Waals surface area contributed by atoms with E-state index in [1.165, 1.54) is 11.8 Å². The molecular formula is C23H28Cl2N2O2S. The lowest BCUT2D eigenvalue weighted by atomic mass is 10.1. The molecular weight excluding hydrogens is 439 g/mol. The Bertz CT molecular complexity index is 889. The van der Waals surface area contributed by atoms with Gasteiger partial charge in [-0.2, -0.15) is 0 Å². The van der Waals surface area contributed by atoms with Crippen LogP contribution in [0.5, 0.6) is 0 Å². The molecule has 1 N–H and O–H groups in total. The molecule has 2 aromatic carbocycles. The Morgan fingerprint density at radius 3 is 2.40 bits per heavy atom. The van der Waals surface area contributed by atoms with E-state index in [-0.39, 0.29) is 23.6 Å². The van der Waals surface area contributed by atoms with E-state index in [1.54, 1.807) is 17.9 Å². The molecule has 0 aromatic heterocycles. The van der Waals surface area contributed by atoms with Gasteiger partial charge in [-0.3, -0.25) is 9.59 Å². The van der Waals surface area contributed by atoms with Gasteiger partial charge in [-0.25, -0.2) is 0 Å². The van der Waals surface area contributed by atoms with Crippen molar-refractivity contribution in [2.45, 2.75) is 52.1 Å². The van der Waals surface area contributed by atoms with E-state index >= 15 is 0 Å². The first-order valence-electron chi connectivity index (χ1n) is 9.84. The van der Waals surface area contributed by atoms with E-state index in [9.17, 15) is 9.59 Å². The zero-order valence-corrected chi connectivity index (χ0v) is 20.1. The highest BCUT2D eigenvalue weighted by molar-refractivity contribution is 7.99. The third-order valence-electron chi connectivity index (χ3n) is 4.51. The third-order valence-corrected chi connectivity index (χ3v) is 6.24. The molecule has 7 heteroatoms. The van der Waals surface area contributed by atoms with Crippen LogP contribution in [0.3, 0.4) is 0 Å². The number of carbonyl (C=O) groups is 2. The topological polar surface area (TPSA) is 49.4 Å². The number of hydrogen-bond donors (Lipinski definition) is 1. The van der Waals surface area contributed by atoms with Crippen LogP contribution >= 0.6 is 35.0 Å². The van der Waals surface area contributed by atoms with Crippen LogP contribution in [0.2, 0.25) is 10.0 Å². The number of amides is 2. The van der Waals surface area contributed by atoms with Crippen molar-refractivity contribution in [3.05, 3.63) is 69.2 Å². The fourth-order valence-electron chi connectivity index (χ4n) is 2.96. The first kappa shape index (κ1) is 24.6. The minimum absolute atomic E-state index is 0.0138. The van der Waals surface area contributed by atoms with E-state index < -0.39 is 6.04 Å². The fraction of sp³-hybridized carbons (Fsp3) is 0.391. The predicted molar refractivity (Wildman–Crippen MR) is 127 cm³/mol. The first-order valence-corrected chi connectivity index (χ1v) is 11.8. The molecule has 162 valence electrons. The number of carbonyl (C=O) groups excluding carboxylic acids is 2. The van der Waals surface area contributed by atoms with Gasteiger partial charge in [0, 0.05) is 18.3 Å². The molecule has 0 radical (unpaired) electrons. The van der Waals surface area contributed by atoms with Crippen molar-refractivity contribution in [3.8, 4) is 0 Å². The largest absolute Gasteiger partial charge is 0.352 e. The highest BCUT2D eigenvalue weighted by Gasteiger charge is 2.26. The molecule has 2 amide bonds. The zero-order valence-electron chi connectivity index (χ0n) is 17.7. The molecule has 0 saturated heterocycles. The van der Waals surface area contributed by atoms with Gasteiger partial charge >= 0.3 is 0 Å². The Balaban J connectivity index is 2.08. The summed E-state index contributed by atoms with van der Waals surface area (Å²) in [5.74, 6) is 0.673. The van der Waals surface area contributed by atoms with Crippen LogP contribution in [0.1, 0.15) is 37.5 Å². The summed E-state index contributed by atoms with van der Waals surface area (Å²) in [5, 5.41) is 3.91. The van der Waals surface area contributed by atoms with Crippen molar-refractivity contribution in [2.75, 3.05) is 5.75 Å². The summed E-state index contributed by atoms with van der Waals surface area (Å²) < 4.78 is 0. The maximum atomic E-state index is 13.1. The number of halogens is 2. The number of thioether (sulfide) groups is 1. The molecule has 0 aliphatic heterocycles. The average molecular weight is 467 g/mol. The normalized spacial score (nSPS) is 12.0. The lowest BCUT2D eigenvalue weighted by molar-refractivity contribution is -0.138. The number of rotatable bonds is 9. The van der Waals surface area contributed by atoms with Crippen LogP contribution < -0.4 is 5.32 Å². The summed E-state index contributed by atoms with van der Waals surface area (Å²) in [6.07, 6.45) is 0. The predicted octanol–water partition coefficient (Wildman–Crippen LogP) is 5.48. The van der Waals surface area contributed by atoms with Gasteiger partial charge < -0.3 is 10.2 Å². The molecule has 2 aromatic rings. The Hall–Kier alpha value is -1.69. The van der Waals surface area contributed by atoms with E-state index in [2.05, 4.69) is 5.32 Å². The minimum atomic E-state index is -0.564. The minimum Gasteiger partial charge on any atom is -0.352 e. The van der Waals surface area contributed by atoms with Gasteiger partial charge in [0.1, 0.15) is 6.04 Å². The molecule has 1 atom stereocenters. The van der Waals surface area contributed by atoms with Crippen LogP contribution in [-0.4, -0.2) is 34.6 Å². The lowest BCUT2D eigenvalue weighted by Crippen LogP contribution is -2.49. The summed E-state index contributed by atoms with van der Waals surface area (Å²) in [6, 6.07) is 12.9. The molecule has 0 fully saturated rings. The van der Waals surface area contributed by atoms with Crippen LogP contribution in [-0.2, 0) is 21.9 Å². The van der Waals surface area contributed by atoms with Gasteiger partial charge in [0.25, 0.3) is 0 Å². The van der Waals surface area contributed by atoms with Gasteiger partial charge in [-0.1, -0.05) is 59.1 Å². The highest BCUT2D eigenvalue weighted by atomic mass is 35.5. The molecule has 0 spiro atoms. The quantitative estimate of drug-likeness (QED) is 0.532. The van der Waals surface area contributed by atoms with Crippen LogP contribution in [0, 0.1) is 6.92 Å². The summed E-state index contributed by atoms with van der Waals surface area (Å²) in [7, 11) is 0. The molecule has 30 heavy (non-hydrogen) atoms. The van der Waals surface area contributed by atoms with Crippen molar-refractivity contribution < 1.29 is 9.59 Å². The van der Waals surface area contributed by atoms with Gasteiger partial charge in [-0.15, -0.1) is 11.8 Å². The van der Waals surface area contributed by atoms with Crippen molar-refractivity contribution in [1.29, 1.82) is 0 Å². The summed E-state index contributed by atoms with van der Waals surface area (Å²) in [5.41, 5.74) is 3.12. The molecule has 0 aliphatic carbocycles. The Morgan fingerprint density at radius 1 is 1.03 bits per heavy atom. The van der Waals surface area contributed by atoms with Gasteiger partial charge in [0.15, 0.2) is 0 Å². The second kappa shape index (κ2) is 11.6. The molecule has 0 unspecified atom stereocenters.